The molecule has 0 aromatic heterocycles. The maximum Gasteiger partial charge on any atom is 0.193 e. The topological polar surface area (TPSA) is 40.1 Å². The largest absolute Gasteiger partial charge is 0.375 e. The highest BCUT2D eigenvalue weighted by atomic mass is 16.5. The second-order valence-electron chi connectivity index (χ2n) is 6.58. The molecule has 0 amide bonds. The highest BCUT2D eigenvalue weighted by Gasteiger charge is 2.24. The lowest BCUT2D eigenvalue weighted by Gasteiger charge is -2.29. The van der Waals surface area contributed by atoms with Gasteiger partial charge in [-0.05, 0) is 38.4 Å². The summed E-state index contributed by atoms with van der Waals surface area (Å²) in [5.41, 5.74) is 1.20. The maximum absolute atomic E-state index is 5.73. The van der Waals surface area contributed by atoms with Gasteiger partial charge in [0.1, 0.15) is 0 Å². The van der Waals surface area contributed by atoms with Crippen LogP contribution in [0.2, 0.25) is 0 Å². The van der Waals surface area contributed by atoms with Gasteiger partial charge >= 0.3 is 0 Å². The molecule has 0 aliphatic carbocycles. The molecule has 1 aliphatic rings. The number of nitrogens with zero attached hydrogens (tertiary/aromatic N) is 3. The minimum absolute atomic E-state index is 0.641. The maximum atomic E-state index is 5.73. The van der Waals surface area contributed by atoms with E-state index >= 15 is 0 Å². The predicted octanol–water partition coefficient (Wildman–Crippen LogP) is 2.58. The van der Waals surface area contributed by atoms with Crippen LogP contribution in [0.5, 0.6) is 0 Å². The Morgan fingerprint density at radius 2 is 2.12 bits per heavy atom. The Morgan fingerprint density at radius 1 is 1.32 bits per heavy atom. The van der Waals surface area contributed by atoms with Gasteiger partial charge in [-0.15, -0.1) is 0 Å². The van der Waals surface area contributed by atoms with Gasteiger partial charge in [-0.2, -0.15) is 0 Å². The number of likely N-dealkylation sites (N-methyl/N-ethyl adjacent to an activating group) is 2. The molecule has 0 spiro atoms. The Bertz CT molecular complexity index is 506. The predicted molar refractivity (Wildman–Crippen MR) is 105 cm³/mol. The Labute approximate surface area is 153 Å². The first-order chi connectivity index (χ1) is 12.2. The van der Waals surface area contributed by atoms with Crippen molar-refractivity contribution in [1.82, 2.24) is 15.1 Å². The summed E-state index contributed by atoms with van der Waals surface area (Å²) < 4.78 is 5.73. The molecule has 25 heavy (non-hydrogen) atoms. The van der Waals surface area contributed by atoms with E-state index in [2.05, 4.69) is 48.1 Å². The number of ether oxygens (including phenoxy) is 1. The van der Waals surface area contributed by atoms with E-state index in [9.17, 15) is 0 Å². The van der Waals surface area contributed by atoms with Crippen LogP contribution in [-0.4, -0.2) is 68.2 Å². The van der Waals surface area contributed by atoms with Gasteiger partial charge in [-0.3, -0.25) is 9.89 Å². The van der Waals surface area contributed by atoms with E-state index in [4.69, 9.17) is 9.73 Å². The standard InChI is InChI=1S/C20H34N4O/c1-4-21-20(23(3)16-19-12-9-14-24(19)5-2)22-13-15-25-17-18-10-7-6-8-11-18/h6-8,10-11,19H,4-5,9,12-17H2,1-3H3,(H,21,22). The fourth-order valence-electron chi connectivity index (χ4n) is 3.37. The van der Waals surface area contributed by atoms with Crippen LogP contribution in [0.1, 0.15) is 32.3 Å². The lowest BCUT2D eigenvalue weighted by atomic mass is 10.2. The smallest absolute Gasteiger partial charge is 0.193 e. The van der Waals surface area contributed by atoms with Gasteiger partial charge in [0.25, 0.3) is 0 Å². The molecule has 0 saturated carbocycles. The van der Waals surface area contributed by atoms with Crippen LogP contribution >= 0.6 is 0 Å². The van der Waals surface area contributed by atoms with Crippen LogP contribution in [-0.2, 0) is 11.3 Å². The molecule has 5 nitrogen and oxygen atoms in total. The first kappa shape index (κ1) is 19.7. The minimum atomic E-state index is 0.641. The molecule has 1 saturated heterocycles. The molecule has 1 aromatic rings. The summed E-state index contributed by atoms with van der Waals surface area (Å²) in [5.74, 6) is 0.980. The molecular formula is C20H34N4O. The Morgan fingerprint density at radius 3 is 2.84 bits per heavy atom. The van der Waals surface area contributed by atoms with E-state index in [1.54, 1.807) is 0 Å². The van der Waals surface area contributed by atoms with Crippen LogP contribution in [0.25, 0.3) is 0 Å². The van der Waals surface area contributed by atoms with Crippen LogP contribution in [0, 0.1) is 0 Å². The van der Waals surface area contributed by atoms with Gasteiger partial charge in [-0.1, -0.05) is 37.3 Å². The molecule has 2 rings (SSSR count). The van der Waals surface area contributed by atoms with Gasteiger partial charge in [0.2, 0.25) is 0 Å². The Kier molecular flexibility index (Phi) is 8.77. The zero-order valence-corrected chi connectivity index (χ0v) is 16.1. The van der Waals surface area contributed by atoms with Crippen LogP contribution in [0.4, 0.5) is 0 Å². The van der Waals surface area contributed by atoms with Crippen molar-refractivity contribution in [3.05, 3.63) is 35.9 Å². The summed E-state index contributed by atoms with van der Waals surface area (Å²) in [6, 6.07) is 10.9. The fraction of sp³-hybridized carbons (Fsp3) is 0.650. The third kappa shape index (κ3) is 6.67. The summed E-state index contributed by atoms with van der Waals surface area (Å²) in [6.07, 6.45) is 2.60. The molecule has 5 heteroatoms. The van der Waals surface area contributed by atoms with E-state index in [0.717, 1.165) is 25.6 Å². The molecule has 1 N–H and O–H groups in total. The van der Waals surface area contributed by atoms with Gasteiger partial charge in [-0.25, -0.2) is 0 Å². The van der Waals surface area contributed by atoms with Crippen molar-refractivity contribution in [1.29, 1.82) is 0 Å². The highest BCUT2D eigenvalue weighted by Crippen LogP contribution is 2.17. The monoisotopic (exact) mass is 346 g/mol. The van der Waals surface area contributed by atoms with E-state index in [0.29, 0.717) is 25.8 Å². The molecule has 0 radical (unpaired) electrons. The van der Waals surface area contributed by atoms with Crippen LogP contribution in [0.3, 0.4) is 0 Å². The second kappa shape index (κ2) is 11.1. The second-order valence-corrected chi connectivity index (χ2v) is 6.58. The third-order valence-electron chi connectivity index (χ3n) is 4.70. The van der Waals surface area contributed by atoms with Crippen molar-refractivity contribution < 1.29 is 4.74 Å². The average Bonchev–Trinajstić information content (AvgIpc) is 3.08. The van der Waals surface area contributed by atoms with Gasteiger partial charge in [0.05, 0.1) is 19.8 Å². The highest BCUT2D eigenvalue weighted by molar-refractivity contribution is 5.79. The van der Waals surface area contributed by atoms with Gasteiger partial charge < -0.3 is 15.0 Å². The molecule has 0 bridgehead atoms. The number of rotatable bonds is 9. The zero-order chi connectivity index (χ0) is 17.9. The number of hydrogen-bond acceptors (Lipinski definition) is 3. The van der Waals surface area contributed by atoms with Crippen molar-refractivity contribution in [3.8, 4) is 0 Å². The fourth-order valence-corrected chi connectivity index (χ4v) is 3.37. The number of likely N-dealkylation sites (tertiary alicyclic amines) is 1. The van der Waals surface area contributed by atoms with E-state index < -0.39 is 0 Å². The lowest BCUT2D eigenvalue weighted by Crippen LogP contribution is -2.46. The number of guanidine groups is 1. The zero-order valence-electron chi connectivity index (χ0n) is 16.1. The molecule has 1 atom stereocenters. The van der Waals surface area contributed by atoms with Crippen molar-refractivity contribution in [2.24, 2.45) is 4.99 Å². The molecule has 1 unspecified atom stereocenters. The minimum Gasteiger partial charge on any atom is -0.375 e. The first-order valence-corrected chi connectivity index (χ1v) is 9.59. The van der Waals surface area contributed by atoms with E-state index in [-0.39, 0.29) is 0 Å². The summed E-state index contributed by atoms with van der Waals surface area (Å²) in [5, 5.41) is 3.40. The molecular weight excluding hydrogens is 312 g/mol. The third-order valence-corrected chi connectivity index (χ3v) is 4.70. The van der Waals surface area contributed by atoms with Crippen molar-refractivity contribution in [2.75, 3.05) is 46.4 Å². The molecule has 1 aromatic carbocycles. The van der Waals surface area contributed by atoms with Crippen molar-refractivity contribution in [2.45, 2.75) is 39.3 Å². The number of aliphatic imine (C=N–C) groups is 1. The summed E-state index contributed by atoms with van der Waals surface area (Å²) in [6.45, 7) is 10.6. The van der Waals surface area contributed by atoms with Crippen molar-refractivity contribution >= 4 is 5.96 Å². The SMILES string of the molecule is CCNC(=NCCOCc1ccccc1)N(C)CC1CCCN1CC. The summed E-state index contributed by atoms with van der Waals surface area (Å²) >= 11 is 0. The Balaban J connectivity index is 1.76. The molecule has 1 aliphatic heterocycles. The quantitative estimate of drug-likeness (QED) is 0.424. The normalized spacial score (nSPS) is 18.5. The molecule has 140 valence electrons. The molecule has 1 fully saturated rings. The number of hydrogen-bond donors (Lipinski definition) is 1. The Hall–Kier alpha value is -1.59. The molecule has 1 heterocycles. The van der Waals surface area contributed by atoms with Crippen molar-refractivity contribution in [3.63, 3.8) is 0 Å². The first-order valence-electron chi connectivity index (χ1n) is 9.59. The van der Waals surface area contributed by atoms with Gasteiger partial charge in [0, 0.05) is 26.2 Å². The summed E-state index contributed by atoms with van der Waals surface area (Å²) in [7, 11) is 2.14. The number of benzene rings is 1. The van der Waals surface area contributed by atoms with E-state index in [1.165, 1.54) is 24.9 Å². The van der Waals surface area contributed by atoms with Gasteiger partial charge in [0.15, 0.2) is 5.96 Å². The average molecular weight is 347 g/mol. The van der Waals surface area contributed by atoms with Crippen LogP contribution in [0.15, 0.2) is 35.3 Å². The van der Waals surface area contributed by atoms with Crippen LogP contribution < -0.4 is 5.32 Å². The summed E-state index contributed by atoms with van der Waals surface area (Å²) in [4.78, 5) is 9.56. The van der Waals surface area contributed by atoms with E-state index in [1.807, 2.05) is 18.2 Å². The number of nitrogens with one attached hydrogen (secondary N) is 1. The lowest BCUT2D eigenvalue weighted by molar-refractivity contribution is 0.128.